The molecule has 11 rings (SSSR count). The largest absolute Gasteiger partial charge is 0.454 e. The van der Waals surface area contributed by atoms with Gasteiger partial charge in [0.15, 0.2) is 5.58 Å². The Bertz CT molecular complexity index is 3080. The van der Waals surface area contributed by atoms with Crippen molar-refractivity contribution in [3.63, 3.8) is 0 Å². The maximum atomic E-state index is 6.78. The predicted octanol–water partition coefficient (Wildman–Crippen LogP) is 15.0. The average molecular weight is 731 g/mol. The van der Waals surface area contributed by atoms with E-state index in [-0.39, 0.29) is 0 Å². The number of allylic oxidation sites excluding steroid dienone is 1. The number of anilines is 3. The quantitative estimate of drug-likeness (QED) is 0.163. The van der Waals surface area contributed by atoms with Gasteiger partial charge in [0.05, 0.1) is 11.2 Å². The predicted molar refractivity (Wildman–Crippen MR) is 239 cm³/mol. The number of furan rings is 1. The van der Waals surface area contributed by atoms with Crippen molar-refractivity contribution < 1.29 is 4.42 Å². The Labute approximate surface area is 332 Å². The van der Waals surface area contributed by atoms with E-state index in [2.05, 4.69) is 210 Å². The molecule has 10 aromatic rings. The van der Waals surface area contributed by atoms with E-state index < -0.39 is 0 Å². The van der Waals surface area contributed by atoms with E-state index in [1.165, 1.54) is 38.9 Å². The lowest BCUT2D eigenvalue weighted by atomic mass is 9.99. The monoisotopic (exact) mass is 730 g/mol. The number of hydrogen-bond donors (Lipinski definition) is 0. The first-order valence-electron chi connectivity index (χ1n) is 19.7. The van der Waals surface area contributed by atoms with Crippen LogP contribution >= 0.6 is 0 Å². The third-order valence-electron chi connectivity index (χ3n) is 11.5. The summed E-state index contributed by atoms with van der Waals surface area (Å²) in [6.07, 6.45) is 6.73. The molecular formula is C54H38N2O. The van der Waals surface area contributed by atoms with Crippen LogP contribution in [0.25, 0.3) is 78.0 Å². The van der Waals surface area contributed by atoms with Crippen molar-refractivity contribution in [1.82, 2.24) is 4.57 Å². The number of benzene rings is 8. The number of aryl methyl sites for hydroxylation is 1. The fourth-order valence-corrected chi connectivity index (χ4v) is 8.70. The highest BCUT2D eigenvalue weighted by molar-refractivity contribution is 6.12. The van der Waals surface area contributed by atoms with E-state index in [1.807, 2.05) is 6.07 Å². The van der Waals surface area contributed by atoms with Crippen LogP contribution in [0.2, 0.25) is 0 Å². The molecule has 8 aromatic carbocycles. The van der Waals surface area contributed by atoms with Crippen LogP contribution in [0.15, 0.2) is 205 Å². The summed E-state index contributed by atoms with van der Waals surface area (Å²) in [5.74, 6) is 0. The van der Waals surface area contributed by atoms with Gasteiger partial charge >= 0.3 is 0 Å². The van der Waals surface area contributed by atoms with Crippen LogP contribution in [0.5, 0.6) is 0 Å². The van der Waals surface area contributed by atoms with Gasteiger partial charge in [-0.25, -0.2) is 0 Å². The second-order valence-electron chi connectivity index (χ2n) is 14.8. The second kappa shape index (κ2) is 13.7. The number of para-hydroxylation sites is 2. The van der Waals surface area contributed by atoms with E-state index in [1.54, 1.807) is 0 Å². The molecule has 0 spiro atoms. The van der Waals surface area contributed by atoms with Gasteiger partial charge in [-0.15, -0.1) is 0 Å². The summed E-state index contributed by atoms with van der Waals surface area (Å²) < 4.78 is 9.20. The Balaban J connectivity index is 1.07. The molecule has 3 heteroatoms. The van der Waals surface area contributed by atoms with Gasteiger partial charge in [-0.1, -0.05) is 140 Å². The minimum Gasteiger partial charge on any atom is -0.454 e. The zero-order chi connectivity index (χ0) is 37.7. The molecule has 57 heavy (non-hydrogen) atoms. The molecule has 0 atom stereocenters. The maximum Gasteiger partial charge on any atom is 0.159 e. The van der Waals surface area contributed by atoms with E-state index >= 15 is 0 Å². The van der Waals surface area contributed by atoms with Gasteiger partial charge in [0.2, 0.25) is 0 Å². The first kappa shape index (κ1) is 33.0. The van der Waals surface area contributed by atoms with Gasteiger partial charge in [0.25, 0.3) is 0 Å². The van der Waals surface area contributed by atoms with Crippen LogP contribution in [0.3, 0.4) is 0 Å². The summed E-state index contributed by atoms with van der Waals surface area (Å²) >= 11 is 0. The van der Waals surface area contributed by atoms with Crippen molar-refractivity contribution in [1.29, 1.82) is 0 Å². The molecule has 2 heterocycles. The first-order valence-corrected chi connectivity index (χ1v) is 19.7. The highest BCUT2D eigenvalue weighted by Gasteiger charge is 2.23. The SMILES string of the molecule is C1=Cc2c(c3ccccc3n2-c2ccc(N(c3ccc(-c4ccc(-c5ccccc5)cc4)cc3)c3cc(-c4ccccc4)cc4c3oc3ccccc34)cc2)CC1. The highest BCUT2D eigenvalue weighted by atomic mass is 16.3. The van der Waals surface area contributed by atoms with Crippen LogP contribution in [0.4, 0.5) is 17.1 Å². The van der Waals surface area contributed by atoms with Crippen molar-refractivity contribution in [2.45, 2.75) is 12.8 Å². The van der Waals surface area contributed by atoms with E-state index in [4.69, 9.17) is 4.42 Å². The van der Waals surface area contributed by atoms with Gasteiger partial charge in [0, 0.05) is 38.9 Å². The Morgan fingerprint density at radius 2 is 1.00 bits per heavy atom. The molecule has 0 bridgehead atoms. The molecule has 3 nitrogen and oxygen atoms in total. The molecule has 0 unspecified atom stereocenters. The lowest BCUT2D eigenvalue weighted by molar-refractivity contribution is 0.669. The van der Waals surface area contributed by atoms with Crippen molar-refractivity contribution in [3.8, 4) is 39.1 Å². The van der Waals surface area contributed by atoms with Gasteiger partial charge in [0.1, 0.15) is 5.58 Å². The standard InChI is InChI=1S/C54H38N2O/c1-3-13-37(14-4-1)39-23-25-40(26-24-39)41-27-29-43(30-28-41)55(44-31-33-45(34-32-44)56-50-20-10-7-17-46(50)47-18-8-11-21-51(47)56)52-36-42(38-15-5-2-6-16-38)35-49-48-19-9-12-22-53(48)57-54(49)52/h1-7,9-17,19-36H,8,18H2. The Hall–Kier alpha value is -7.36. The molecule has 0 N–H and O–H groups in total. The average Bonchev–Trinajstić information content (AvgIpc) is 3.84. The van der Waals surface area contributed by atoms with Crippen molar-refractivity contribution in [2.24, 2.45) is 0 Å². The zero-order valence-electron chi connectivity index (χ0n) is 31.3. The molecular weight excluding hydrogens is 693 g/mol. The molecule has 0 saturated heterocycles. The molecule has 0 fully saturated rings. The fourth-order valence-electron chi connectivity index (χ4n) is 8.70. The highest BCUT2D eigenvalue weighted by Crippen LogP contribution is 2.45. The molecule has 270 valence electrons. The van der Waals surface area contributed by atoms with E-state index in [9.17, 15) is 0 Å². The van der Waals surface area contributed by atoms with Gasteiger partial charge < -0.3 is 13.9 Å². The summed E-state index contributed by atoms with van der Waals surface area (Å²) in [5.41, 5.74) is 17.0. The Morgan fingerprint density at radius 3 is 1.68 bits per heavy atom. The van der Waals surface area contributed by atoms with E-state index in [0.717, 1.165) is 74.2 Å². The van der Waals surface area contributed by atoms with Gasteiger partial charge in [-0.3, -0.25) is 0 Å². The second-order valence-corrected chi connectivity index (χ2v) is 14.8. The van der Waals surface area contributed by atoms with Gasteiger partial charge in [-0.05, 0) is 119 Å². The summed E-state index contributed by atoms with van der Waals surface area (Å²) in [5, 5.41) is 3.53. The van der Waals surface area contributed by atoms with Gasteiger partial charge in [-0.2, -0.15) is 0 Å². The zero-order valence-corrected chi connectivity index (χ0v) is 31.3. The number of hydrogen-bond acceptors (Lipinski definition) is 2. The number of nitrogens with zero attached hydrogens (tertiary/aromatic N) is 2. The number of aromatic nitrogens is 1. The normalized spacial score (nSPS) is 12.4. The molecule has 0 saturated carbocycles. The summed E-state index contributed by atoms with van der Waals surface area (Å²) in [4.78, 5) is 2.35. The van der Waals surface area contributed by atoms with Crippen LogP contribution in [-0.4, -0.2) is 4.57 Å². The molecule has 1 aliphatic carbocycles. The van der Waals surface area contributed by atoms with E-state index in [0.29, 0.717) is 0 Å². The molecule has 2 aromatic heterocycles. The van der Waals surface area contributed by atoms with Crippen LogP contribution < -0.4 is 4.90 Å². The summed E-state index contributed by atoms with van der Waals surface area (Å²) in [6, 6.07) is 69.7. The lowest BCUT2D eigenvalue weighted by Gasteiger charge is -2.27. The Kier molecular flexibility index (Phi) is 7.96. The minimum absolute atomic E-state index is 0.858. The third kappa shape index (κ3) is 5.75. The maximum absolute atomic E-state index is 6.78. The van der Waals surface area contributed by atoms with Crippen LogP contribution in [0.1, 0.15) is 17.7 Å². The molecule has 1 aliphatic rings. The smallest absolute Gasteiger partial charge is 0.159 e. The summed E-state index contributed by atoms with van der Waals surface area (Å²) in [6.45, 7) is 0. The van der Waals surface area contributed by atoms with Crippen molar-refractivity contribution >= 4 is 56.0 Å². The van der Waals surface area contributed by atoms with Crippen molar-refractivity contribution in [3.05, 3.63) is 211 Å². The minimum atomic E-state index is 0.858. The topological polar surface area (TPSA) is 21.3 Å². The first-order chi connectivity index (χ1) is 28.3. The molecule has 0 radical (unpaired) electrons. The third-order valence-corrected chi connectivity index (χ3v) is 11.5. The Morgan fingerprint density at radius 1 is 0.456 bits per heavy atom. The summed E-state index contributed by atoms with van der Waals surface area (Å²) in [7, 11) is 0. The molecule has 0 amide bonds. The van der Waals surface area contributed by atoms with Crippen molar-refractivity contribution in [2.75, 3.05) is 4.90 Å². The lowest BCUT2D eigenvalue weighted by Crippen LogP contribution is -2.11. The number of rotatable bonds is 7. The van der Waals surface area contributed by atoms with Crippen LogP contribution in [0, 0.1) is 0 Å². The number of fused-ring (bicyclic) bond motifs is 6. The molecule has 0 aliphatic heterocycles. The van der Waals surface area contributed by atoms with Crippen LogP contribution in [-0.2, 0) is 6.42 Å². The fraction of sp³-hybridized carbons (Fsp3) is 0.0370.